The van der Waals surface area contributed by atoms with E-state index < -0.39 is 176 Å². The van der Waals surface area contributed by atoms with Gasteiger partial charge < -0.3 is 94.1 Å². The Bertz CT molecular complexity index is 2230. The van der Waals surface area contributed by atoms with Gasteiger partial charge in [0.1, 0.15) is 84.8 Å². The molecule has 22 heteroatoms. The first-order chi connectivity index (χ1) is 35.9. The lowest BCUT2D eigenvalue weighted by Crippen LogP contribution is -2.70. The number of rotatable bonds is 13. The predicted octanol–water partition coefficient (Wildman–Crippen LogP) is 0.736. The van der Waals surface area contributed by atoms with Crippen molar-refractivity contribution in [2.24, 2.45) is 50.2 Å². The van der Waals surface area contributed by atoms with Crippen LogP contribution in [0.4, 0.5) is 0 Å². The molecule has 438 valence electrons. The highest BCUT2D eigenvalue weighted by molar-refractivity contribution is 5.88. The van der Waals surface area contributed by atoms with Gasteiger partial charge in [-0.25, -0.2) is 4.79 Å². The van der Waals surface area contributed by atoms with Crippen LogP contribution in [0, 0.1) is 50.2 Å². The molecule has 3 heterocycles. The average molecular weight is 1100 g/mol. The van der Waals surface area contributed by atoms with Crippen LogP contribution in [0.3, 0.4) is 0 Å². The van der Waals surface area contributed by atoms with Crippen molar-refractivity contribution in [1.82, 2.24) is 0 Å². The first-order valence-electron chi connectivity index (χ1n) is 27.4. The van der Waals surface area contributed by atoms with Crippen molar-refractivity contribution < 1.29 is 108 Å². The van der Waals surface area contributed by atoms with Crippen molar-refractivity contribution in [1.29, 1.82) is 0 Å². The second-order valence-corrected chi connectivity index (χ2v) is 25.5. The maximum Gasteiger partial charge on any atom is 0.333 e. The minimum Gasteiger partial charge on any atom is -0.481 e. The molecule has 7 fully saturated rings. The van der Waals surface area contributed by atoms with Gasteiger partial charge in [-0.3, -0.25) is 9.59 Å². The Kier molecular flexibility index (Phi) is 17.1. The lowest BCUT2D eigenvalue weighted by Gasteiger charge is -2.71. The number of hydrogen-bond donors (Lipinski definition) is 11. The van der Waals surface area contributed by atoms with Crippen molar-refractivity contribution >= 4 is 17.9 Å². The monoisotopic (exact) mass is 1100 g/mol. The van der Waals surface area contributed by atoms with Crippen LogP contribution in [-0.2, 0) is 52.3 Å². The maximum absolute atomic E-state index is 14.0. The zero-order valence-corrected chi connectivity index (χ0v) is 46.0. The van der Waals surface area contributed by atoms with Crippen molar-refractivity contribution in [2.45, 2.75) is 231 Å². The summed E-state index contributed by atoms with van der Waals surface area (Å²) in [5, 5.41) is 119. The highest BCUT2D eigenvalue weighted by Crippen LogP contribution is 2.76. The van der Waals surface area contributed by atoms with Gasteiger partial charge in [0.25, 0.3) is 0 Å². The maximum atomic E-state index is 14.0. The molecule has 3 aliphatic heterocycles. The van der Waals surface area contributed by atoms with E-state index in [4.69, 9.17) is 37.9 Å². The molecule has 0 aromatic carbocycles. The van der Waals surface area contributed by atoms with E-state index in [0.717, 1.165) is 18.4 Å². The Hall–Kier alpha value is -2.75. The molecule has 22 nitrogen and oxygen atoms in total. The molecular weight excluding hydrogens is 1010 g/mol. The second kappa shape index (κ2) is 21.9. The SMILES string of the molecule is C/C=C(\C)C(=O)O[C@H]1[C@H](OC(C)=O)[C@]2(C(=O)O)CC[C@]3(C)C(=CC[C@@H]4[C@@]5(C)CC[C@H](O[C@@H]6O[C@H](CO)[C@@H](O[C@@H]7O[C@H](CO)[C@@H](O)[C@H](O)[C@H]7O)[C@H](O)[C@H]6O[C@@H]6O[C@H](CO)[C@H](O)[C@H](O)[C@H]6O)C(C)(C)[C@@H]5CC[C@]43C)[C@@H]2CC1(C)C. The van der Waals surface area contributed by atoms with Gasteiger partial charge in [-0.2, -0.15) is 0 Å². The van der Waals surface area contributed by atoms with Gasteiger partial charge in [0.2, 0.25) is 0 Å². The third-order valence-corrected chi connectivity index (χ3v) is 20.8. The van der Waals surface area contributed by atoms with Crippen molar-refractivity contribution in [2.75, 3.05) is 19.8 Å². The van der Waals surface area contributed by atoms with E-state index in [1.807, 2.05) is 13.8 Å². The summed E-state index contributed by atoms with van der Waals surface area (Å²) in [5.41, 5.74) is -2.76. The van der Waals surface area contributed by atoms with Crippen LogP contribution < -0.4 is 0 Å². The second-order valence-electron chi connectivity index (χ2n) is 25.5. The van der Waals surface area contributed by atoms with E-state index in [0.29, 0.717) is 37.7 Å². The summed E-state index contributed by atoms with van der Waals surface area (Å²) in [7, 11) is 0. The molecule has 3 saturated heterocycles. The van der Waals surface area contributed by atoms with Gasteiger partial charge in [0.05, 0.1) is 25.9 Å². The van der Waals surface area contributed by atoms with Crippen molar-refractivity contribution in [3.63, 3.8) is 0 Å². The molecule has 25 atom stereocenters. The van der Waals surface area contributed by atoms with Gasteiger partial charge in [0.15, 0.2) is 25.0 Å². The van der Waals surface area contributed by atoms with E-state index >= 15 is 0 Å². The highest BCUT2D eigenvalue weighted by Gasteiger charge is 2.74. The first-order valence-corrected chi connectivity index (χ1v) is 27.4. The molecule has 0 unspecified atom stereocenters. The third-order valence-electron chi connectivity index (χ3n) is 20.8. The van der Waals surface area contributed by atoms with Crippen LogP contribution in [0.5, 0.6) is 0 Å². The van der Waals surface area contributed by atoms with Gasteiger partial charge in [-0.05, 0) is 98.7 Å². The summed E-state index contributed by atoms with van der Waals surface area (Å²) in [6.45, 7) is 17.2. The number of carboxylic acid groups (broad SMARTS) is 1. The number of fused-ring (bicyclic) bond motifs is 7. The van der Waals surface area contributed by atoms with E-state index in [9.17, 15) is 70.6 Å². The number of carbonyl (C=O) groups excluding carboxylic acids is 2. The highest BCUT2D eigenvalue weighted by atomic mass is 16.8. The lowest BCUT2D eigenvalue weighted by molar-refractivity contribution is -0.395. The molecule has 0 aromatic heterocycles. The van der Waals surface area contributed by atoms with Gasteiger partial charge in [-0.1, -0.05) is 66.2 Å². The number of aliphatic carboxylic acids is 1. The number of esters is 2. The molecule has 0 aromatic rings. The van der Waals surface area contributed by atoms with E-state index in [1.165, 1.54) is 6.92 Å². The van der Waals surface area contributed by atoms with Crippen molar-refractivity contribution in [3.8, 4) is 0 Å². The number of hydrogen-bond acceptors (Lipinski definition) is 21. The number of carboxylic acids is 1. The van der Waals surface area contributed by atoms with Crippen LogP contribution in [0.25, 0.3) is 0 Å². The summed E-state index contributed by atoms with van der Waals surface area (Å²) >= 11 is 0. The smallest absolute Gasteiger partial charge is 0.333 e. The molecular formula is C55H86O22. The number of aliphatic hydroxyl groups excluding tert-OH is 10. The summed E-state index contributed by atoms with van der Waals surface area (Å²) in [6, 6.07) is 0. The molecule has 5 aliphatic carbocycles. The zero-order chi connectivity index (χ0) is 56.9. The minimum absolute atomic E-state index is 0.0133. The molecule has 0 spiro atoms. The lowest BCUT2D eigenvalue weighted by atomic mass is 9.33. The number of ether oxygens (including phenoxy) is 8. The fourth-order valence-corrected chi connectivity index (χ4v) is 16.1. The summed E-state index contributed by atoms with van der Waals surface area (Å²) < 4.78 is 49.0. The fraction of sp³-hybridized carbons (Fsp3) is 0.873. The summed E-state index contributed by atoms with van der Waals surface area (Å²) in [6.07, 6.45) is -20.3. The van der Waals surface area contributed by atoms with Gasteiger partial charge in [-0.15, -0.1) is 0 Å². The zero-order valence-electron chi connectivity index (χ0n) is 46.0. The predicted molar refractivity (Wildman–Crippen MR) is 266 cm³/mol. The molecule has 0 bridgehead atoms. The Morgan fingerprint density at radius 1 is 0.636 bits per heavy atom. The number of aliphatic hydroxyl groups is 10. The molecule has 8 rings (SSSR count). The molecule has 77 heavy (non-hydrogen) atoms. The van der Waals surface area contributed by atoms with Crippen LogP contribution in [0.2, 0.25) is 0 Å². The van der Waals surface area contributed by atoms with E-state index in [2.05, 4.69) is 40.7 Å². The molecule has 0 radical (unpaired) electrons. The third kappa shape index (κ3) is 9.75. The standard InChI is InChI=1S/C55H86O22/c1-11-24(2)45(67)77-43-44(70-25(3)59)55(49(68)69)19-18-53(9)26(27(55)20-50(43,4)5)12-13-32-52(8)16-15-33(51(6,7)31(52)14-17-54(32,53)10)74-48-42(76-47-39(65)37(63)35(61)29(22-57)72-47)40(66)41(30(23-58)73-48)75-46-38(64)36(62)34(60)28(21-56)71-46/h11-12,27-44,46-48,56-58,60-66H,13-23H2,1-10H3,(H,68,69)/b24-11+/t27-,28+,29+,30+,31-,32+,33-,34+,35-,36-,37-,38+,39+,40-,41+,42+,43-,44-,46-,47-,48-,52-,53+,54+,55-/m0/s1. The van der Waals surface area contributed by atoms with E-state index in [-0.39, 0.29) is 29.1 Å². The molecule has 8 aliphatic rings. The van der Waals surface area contributed by atoms with Gasteiger partial charge >= 0.3 is 17.9 Å². The van der Waals surface area contributed by atoms with Crippen LogP contribution in [-0.4, -0.2) is 204 Å². The largest absolute Gasteiger partial charge is 0.481 e. The van der Waals surface area contributed by atoms with Gasteiger partial charge in [0, 0.05) is 23.8 Å². The summed E-state index contributed by atoms with van der Waals surface area (Å²) in [4.78, 5) is 40.4. The Balaban J connectivity index is 1.09. The number of carbonyl (C=O) groups is 3. The van der Waals surface area contributed by atoms with Crippen molar-refractivity contribution in [3.05, 3.63) is 23.3 Å². The molecule has 0 amide bonds. The quantitative estimate of drug-likeness (QED) is 0.0524. The minimum atomic E-state index is -1.92. The fourth-order valence-electron chi connectivity index (χ4n) is 16.1. The first kappa shape index (κ1) is 60.3. The van der Waals surface area contributed by atoms with Crippen LogP contribution in [0.15, 0.2) is 23.3 Å². The van der Waals surface area contributed by atoms with Crippen LogP contribution >= 0.6 is 0 Å². The molecule has 11 N–H and O–H groups in total. The van der Waals surface area contributed by atoms with Crippen LogP contribution in [0.1, 0.15) is 121 Å². The summed E-state index contributed by atoms with van der Waals surface area (Å²) in [5.74, 6) is -2.80. The normalized spacial score (nSPS) is 49.4. The Morgan fingerprint density at radius 2 is 1.19 bits per heavy atom. The Morgan fingerprint density at radius 3 is 1.73 bits per heavy atom. The Labute approximate surface area is 449 Å². The average Bonchev–Trinajstić information content (AvgIpc) is 3.57. The van der Waals surface area contributed by atoms with E-state index in [1.54, 1.807) is 19.9 Å². The molecule has 4 saturated carbocycles. The topological polar surface area (TPSA) is 348 Å². The number of allylic oxidation sites excluding steroid dienone is 3.